The molecule has 2 aromatic carbocycles. The molecule has 24 heavy (non-hydrogen) atoms. The maximum atomic E-state index is 12.0. The van der Waals surface area contributed by atoms with Crippen LogP contribution in [0.15, 0.2) is 66.9 Å². The lowest BCUT2D eigenvalue weighted by molar-refractivity contribution is -0.142. The molecule has 0 unspecified atom stereocenters. The first-order chi connectivity index (χ1) is 11.6. The van der Waals surface area contributed by atoms with Gasteiger partial charge in [-0.05, 0) is 29.8 Å². The second-order valence-corrected chi connectivity index (χ2v) is 5.57. The van der Waals surface area contributed by atoms with E-state index in [4.69, 9.17) is 16.3 Å². The number of esters is 1. The number of hydrogen-bond donors (Lipinski definition) is 1. The summed E-state index contributed by atoms with van der Waals surface area (Å²) < 4.78 is 4.80. The summed E-state index contributed by atoms with van der Waals surface area (Å²) in [6, 6.07) is 15.6. The third-order valence-electron chi connectivity index (χ3n) is 3.43. The van der Waals surface area contributed by atoms with Crippen LogP contribution < -0.4 is 5.32 Å². The van der Waals surface area contributed by atoms with E-state index in [1.54, 1.807) is 24.3 Å². The predicted molar refractivity (Wildman–Crippen MR) is 94.0 cm³/mol. The van der Waals surface area contributed by atoms with Crippen molar-refractivity contribution in [3.63, 3.8) is 0 Å². The number of nitrogens with one attached hydrogen (secondary N) is 1. The second kappa shape index (κ2) is 8.89. The molecule has 0 spiro atoms. The average Bonchev–Trinajstić information content (AvgIpc) is 2.61. The topological polar surface area (TPSA) is 55.4 Å². The lowest BCUT2D eigenvalue weighted by Crippen LogP contribution is -2.36. The molecule has 4 nitrogen and oxygen atoms in total. The molecule has 0 aliphatic rings. The molecule has 0 aliphatic heterocycles. The van der Waals surface area contributed by atoms with Crippen molar-refractivity contribution in [3.8, 4) is 0 Å². The van der Waals surface area contributed by atoms with Crippen LogP contribution in [-0.2, 0) is 16.0 Å². The number of ether oxygens (including phenoxy) is 1. The molecule has 0 aromatic heterocycles. The number of carbonyl (C=O) groups excluding carboxylic acids is 2. The van der Waals surface area contributed by atoms with Gasteiger partial charge in [-0.25, -0.2) is 4.79 Å². The SMILES string of the molecule is COC(=O)[C@@H](Cc1ccccc1)N/C=C\C(=O)c1ccc(Cl)cc1. The highest BCUT2D eigenvalue weighted by molar-refractivity contribution is 6.30. The fourth-order valence-electron chi connectivity index (χ4n) is 2.15. The van der Waals surface area contributed by atoms with Crippen molar-refractivity contribution in [1.82, 2.24) is 5.32 Å². The molecule has 0 amide bonds. The lowest BCUT2D eigenvalue weighted by atomic mass is 10.1. The first-order valence-corrected chi connectivity index (χ1v) is 7.82. The molecule has 0 aliphatic carbocycles. The summed E-state index contributed by atoms with van der Waals surface area (Å²) in [5, 5.41) is 3.50. The number of ketones is 1. The van der Waals surface area contributed by atoms with Gasteiger partial charge in [0.25, 0.3) is 0 Å². The van der Waals surface area contributed by atoms with Crippen molar-refractivity contribution in [2.75, 3.05) is 7.11 Å². The highest BCUT2D eigenvalue weighted by Gasteiger charge is 2.17. The van der Waals surface area contributed by atoms with E-state index in [-0.39, 0.29) is 11.8 Å². The molecule has 2 aromatic rings. The number of rotatable bonds is 7. The maximum Gasteiger partial charge on any atom is 0.328 e. The minimum absolute atomic E-state index is 0.178. The summed E-state index contributed by atoms with van der Waals surface area (Å²) >= 11 is 5.80. The minimum atomic E-state index is -0.563. The quantitative estimate of drug-likeness (QED) is 0.475. The van der Waals surface area contributed by atoms with Gasteiger partial charge in [-0.2, -0.15) is 0 Å². The van der Waals surface area contributed by atoms with Crippen LogP contribution in [0.1, 0.15) is 15.9 Å². The van der Waals surface area contributed by atoms with Gasteiger partial charge in [-0.1, -0.05) is 41.9 Å². The number of carbonyl (C=O) groups is 2. The van der Waals surface area contributed by atoms with Gasteiger partial charge in [0.05, 0.1) is 7.11 Å². The van der Waals surface area contributed by atoms with E-state index in [1.807, 2.05) is 30.3 Å². The van der Waals surface area contributed by atoms with Gasteiger partial charge in [-0.3, -0.25) is 4.79 Å². The van der Waals surface area contributed by atoms with Crippen LogP contribution in [0.3, 0.4) is 0 Å². The first kappa shape index (κ1) is 17.8. The van der Waals surface area contributed by atoms with Crippen molar-refractivity contribution in [2.45, 2.75) is 12.5 Å². The number of hydrogen-bond acceptors (Lipinski definition) is 4. The first-order valence-electron chi connectivity index (χ1n) is 7.44. The number of benzene rings is 2. The van der Waals surface area contributed by atoms with Gasteiger partial charge in [0.2, 0.25) is 0 Å². The summed E-state index contributed by atoms with van der Waals surface area (Å²) in [6.45, 7) is 0. The average molecular weight is 344 g/mol. The zero-order valence-corrected chi connectivity index (χ0v) is 14.0. The molecule has 0 saturated carbocycles. The van der Waals surface area contributed by atoms with Crippen molar-refractivity contribution in [2.24, 2.45) is 0 Å². The Morgan fingerprint density at radius 3 is 2.42 bits per heavy atom. The van der Waals surface area contributed by atoms with E-state index >= 15 is 0 Å². The van der Waals surface area contributed by atoms with Crippen molar-refractivity contribution in [1.29, 1.82) is 0 Å². The Morgan fingerprint density at radius 1 is 1.12 bits per heavy atom. The molecule has 2 rings (SSSR count). The second-order valence-electron chi connectivity index (χ2n) is 5.14. The Balaban J connectivity index is 2.00. The van der Waals surface area contributed by atoms with E-state index in [2.05, 4.69) is 5.32 Å². The normalized spacial score (nSPS) is 11.9. The van der Waals surface area contributed by atoms with Crippen LogP contribution in [0.25, 0.3) is 0 Å². The monoisotopic (exact) mass is 343 g/mol. The summed E-state index contributed by atoms with van der Waals surface area (Å²) in [5.41, 5.74) is 1.52. The molecule has 0 saturated heterocycles. The van der Waals surface area contributed by atoms with Crippen LogP contribution in [-0.4, -0.2) is 24.9 Å². The minimum Gasteiger partial charge on any atom is -0.467 e. The van der Waals surface area contributed by atoms with E-state index in [9.17, 15) is 9.59 Å². The molecule has 5 heteroatoms. The molecule has 0 fully saturated rings. The Labute approximate surface area is 146 Å². The van der Waals surface area contributed by atoms with E-state index in [1.165, 1.54) is 19.4 Å². The Hall–Kier alpha value is -2.59. The zero-order chi connectivity index (χ0) is 17.4. The fraction of sp³-hybridized carbons (Fsp3) is 0.158. The molecule has 1 atom stereocenters. The molecule has 0 bridgehead atoms. The van der Waals surface area contributed by atoms with E-state index < -0.39 is 6.04 Å². The third kappa shape index (κ3) is 5.25. The predicted octanol–water partition coefficient (Wildman–Crippen LogP) is 3.41. The molecule has 1 N–H and O–H groups in total. The largest absolute Gasteiger partial charge is 0.467 e. The Kier molecular flexibility index (Phi) is 6.58. The van der Waals surface area contributed by atoms with Crippen LogP contribution in [0.5, 0.6) is 0 Å². The van der Waals surface area contributed by atoms with Crippen LogP contribution >= 0.6 is 11.6 Å². The lowest BCUT2D eigenvalue weighted by Gasteiger charge is -2.14. The number of methoxy groups -OCH3 is 1. The van der Waals surface area contributed by atoms with Gasteiger partial charge < -0.3 is 10.1 Å². The summed E-state index contributed by atoms with van der Waals surface area (Å²) in [5.74, 6) is -0.565. The summed E-state index contributed by atoms with van der Waals surface area (Å²) in [6.07, 6.45) is 3.32. The summed E-state index contributed by atoms with van der Waals surface area (Å²) in [4.78, 5) is 23.9. The van der Waals surface area contributed by atoms with E-state index in [0.717, 1.165) is 5.56 Å². The van der Waals surface area contributed by atoms with Crippen LogP contribution in [0.2, 0.25) is 5.02 Å². The zero-order valence-electron chi connectivity index (χ0n) is 13.2. The fourth-order valence-corrected chi connectivity index (χ4v) is 2.28. The Morgan fingerprint density at radius 2 is 1.79 bits per heavy atom. The molecular weight excluding hydrogens is 326 g/mol. The van der Waals surface area contributed by atoms with Gasteiger partial charge in [-0.15, -0.1) is 0 Å². The standard InChI is InChI=1S/C19H18ClNO3/c1-24-19(23)17(13-14-5-3-2-4-6-14)21-12-11-18(22)15-7-9-16(20)10-8-15/h2-12,17,21H,13H2,1H3/b12-11-/t17-/m1/s1. The third-order valence-corrected chi connectivity index (χ3v) is 3.68. The maximum absolute atomic E-state index is 12.0. The van der Waals surface area contributed by atoms with Crippen molar-refractivity contribution < 1.29 is 14.3 Å². The van der Waals surface area contributed by atoms with E-state index in [0.29, 0.717) is 17.0 Å². The van der Waals surface area contributed by atoms with Crippen molar-refractivity contribution in [3.05, 3.63) is 83.0 Å². The molecule has 0 radical (unpaired) electrons. The van der Waals surface area contributed by atoms with Gasteiger partial charge in [0.1, 0.15) is 6.04 Å². The van der Waals surface area contributed by atoms with Gasteiger partial charge >= 0.3 is 5.97 Å². The molecular formula is C19H18ClNO3. The van der Waals surface area contributed by atoms with Gasteiger partial charge in [0, 0.05) is 29.3 Å². The smallest absolute Gasteiger partial charge is 0.328 e. The van der Waals surface area contributed by atoms with Gasteiger partial charge in [0.15, 0.2) is 5.78 Å². The molecule has 124 valence electrons. The summed E-state index contributed by atoms with van der Waals surface area (Å²) in [7, 11) is 1.34. The Bertz CT molecular complexity index is 711. The van der Waals surface area contributed by atoms with Crippen LogP contribution in [0.4, 0.5) is 0 Å². The number of halogens is 1. The van der Waals surface area contributed by atoms with Crippen LogP contribution in [0, 0.1) is 0 Å². The van der Waals surface area contributed by atoms with Crippen molar-refractivity contribution >= 4 is 23.4 Å². The number of allylic oxidation sites excluding steroid dienone is 1. The highest BCUT2D eigenvalue weighted by Crippen LogP contribution is 2.10. The molecule has 0 heterocycles. The highest BCUT2D eigenvalue weighted by atomic mass is 35.5.